The van der Waals surface area contributed by atoms with Gasteiger partial charge in [-0.25, -0.2) is 4.98 Å². The molecule has 0 unspecified atom stereocenters. The van der Waals surface area contributed by atoms with E-state index in [1.165, 1.54) is 0 Å². The summed E-state index contributed by atoms with van der Waals surface area (Å²) in [7, 11) is 0. The fourth-order valence-electron chi connectivity index (χ4n) is 2.02. The minimum absolute atomic E-state index is 0.149. The van der Waals surface area contributed by atoms with Gasteiger partial charge in [0.25, 0.3) is 5.91 Å². The van der Waals surface area contributed by atoms with Crippen molar-refractivity contribution in [1.82, 2.24) is 4.98 Å². The van der Waals surface area contributed by atoms with E-state index in [1.807, 2.05) is 54.8 Å². The highest BCUT2D eigenvalue weighted by atomic mass is 32.1. The molecule has 3 aromatic rings. The molecule has 1 aromatic heterocycles. The normalized spacial score (nSPS) is 9.78. The topological polar surface area (TPSA) is 42.0 Å². The molecule has 0 aliphatic carbocycles. The number of aryl methyl sites for hydroxylation is 1. The third kappa shape index (κ3) is 4.06. The largest absolute Gasteiger partial charge is 0.322 e. The molecule has 0 aliphatic rings. The first-order chi connectivity index (χ1) is 11.2. The van der Waals surface area contributed by atoms with Gasteiger partial charge < -0.3 is 5.32 Å². The van der Waals surface area contributed by atoms with E-state index in [9.17, 15) is 4.79 Å². The first kappa shape index (κ1) is 15.0. The summed E-state index contributed by atoms with van der Waals surface area (Å²) >= 11 is 1.57. The zero-order chi connectivity index (χ0) is 16.1. The molecule has 112 valence electrons. The van der Waals surface area contributed by atoms with Crippen LogP contribution in [0.1, 0.15) is 26.6 Å². The van der Waals surface area contributed by atoms with Gasteiger partial charge in [-0.1, -0.05) is 30.2 Å². The van der Waals surface area contributed by atoms with Gasteiger partial charge in [-0.05, 0) is 43.2 Å². The molecular formula is C19H14N2OS. The van der Waals surface area contributed by atoms with Crippen LogP contribution < -0.4 is 5.32 Å². The predicted molar refractivity (Wildman–Crippen MR) is 93.7 cm³/mol. The maximum absolute atomic E-state index is 12.3. The van der Waals surface area contributed by atoms with E-state index in [1.54, 1.807) is 23.5 Å². The van der Waals surface area contributed by atoms with Gasteiger partial charge in [0.2, 0.25) is 0 Å². The van der Waals surface area contributed by atoms with Crippen LogP contribution in [0, 0.1) is 18.8 Å². The summed E-state index contributed by atoms with van der Waals surface area (Å²) in [5, 5.41) is 5.78. The number of rotatable bonds is 2. The lowest BCUT2D eigenvalue weighted by molar-refractivity contribution is 0.102. The van der Waals surface area contributed by atoms with Crippen molar-refractivity contribution in [2.45, 2.75) is 6.92 Å². The molecule has 0 radical (unpaired) electrons. The molecule has 0 saturated carbocycles. The van der Waals surface area contributed by atoms with Gasteiger partial charge in [0, 0.05) is 22.2 Å². The second-order valence-corrected chi connectivity index (χ2v) is 5.96. The number of thiazole rings is 1. The van der Waals surface area contributed by atoms with Gasteiger partial charge in [-0.2, -0.15) is 0 Å². The van der Waals surface area contributed by atoms with Crippen LogP contribution in [0.3, 0.4) is 0 Å². The summed E-state index contributed by atoms with van der Waals surface area (Å²) in [6.45, 7) is 1.95. The van der Waals surface area contributed by atoms with Gasteiger partial charge >= 0.3 is 0 Å². The maximum Gasteiger partial charge on any atom is 0.255 e. The number of hydrogen-bond donors (Lipinski definition) is 1. The van der Waals surface area contributed by atoms with Crippen molar-refractivity contribution in [2.75, 3.05) is 5.32 Å². The van der Waals surface area contributed by atoms with Crippen molar-refractivity contribution in [1.29, 1.82) is 0 Å². The Morgan fingerprint density at radius 2 is 1.91 bits per heavy atom. The van der Waals surface area contributed by atoms with Crippen molar-refractivity contribution in [2.24, 2.45) is 0 Å². The molecule has 1 heterocycles. The molecule has 0 aliphatic heterocycles. The Kier molecular flexibility index (Phi) is 4.51. The fourth-order valence-corrected chi connectivity index (χ4v) is 2.56. The zero-order valence-electron chi connectivity index (χ0n) is 12.5. The van der Waals surface area contributed by atoms with Crippen LogP contribution in [0.2, 0.25) is 0 Å². The van der Waals surface area contributed by atoms with Gasteiger partial charge in [0.05, 0.1) is 5.01 Å². The molecule has 0 fully saturated rings. The molecule has 2 aromatic carbocycles. The molecular weight excluding hydrogens is 304 g/mol. The van der Waals surface area contributed by atoms with Crippen LogP contribution in [-0.2, 0) is 0 Å². The third-order valence-corrected chi connectivity index (χ3v) is 3.88. The average molecular weight is 318 g/mol. The van der Waals surface area contributed by atoms with E-state index in [0.29, 0.717) is 5.56 Å². The van der Waals surface area contributed by atoms with Gasteiger partial charge in [-0.15, -0.1) is 11.3 Å². The molecule has 1 amide bonds. The standard InChI is InChI=1S/C19H14N2OS/c1-14-20-18(13-23-14)11-10-15-6-5-7-16(12-15)19(22)21-17-8-3-2-4-9-17/h2-9,12-13H,1H3,(H,21,22). The summed E-state index contributed by atoms with van der Waals surface area (Å²) in [6.07, 6.45) is 0. The maximum atomic E-state index is 12.3. The number of anilines is 1. The molecule has 4 heteroatoms. The fraction of sp³-hybridized carbons (Fsp3) is 0.0526. The number of para-hydroxylation sites is 1. The average Bonchev–Trinajstić information content (AvgIpc) is 3.00. The monoisotopic (exact) mass is 318 g/mol. The lowest BCUT2D eigenvalue weighted by Crippen LogP contribution is -2.11. The molecule has 3 rings (SSSR count). The zero-order valence-corrected chi connectivity index (χ0v) is 13.4. The van der Waals surface area contributed by atoms with Crippen molar-refractivity contribution in [3.63, 3.8) is 0 Å². The van der Waals surface area contributed by atoms with E-state index in [4.69, 9.17) is 0 Å². The van der Waals surface area contributed by atoms with E-state index < -0.39 is 0 Å². The predicted octanol–water partition coefficient (Wildman–Crippen LogP) is 4.10. The van der Waals surface area contributed by atoms with Crippen LogP contribution in [-0.4, -0.2) is 10.9 Å². The number of amides is 1. The third-order valence-electron chi connectivity index (χ3n) is 3.11. The molecule has 23 heavy (non-hydrogen) atoms. The minimum atomic E-state index is -0.149. The Bertz CT molecular complexity index is 888. The van der Waals surface area contributed by atoms with Crippen LogP contribution in [0.15, 0.2) is 60.0 Å². The number of carbonyl (C=O) groups is 1. The summed E-state index contributed by atoms with van der Waals surface area (Å²) < 4.78 is 0. The number of nitrogens with zero attached hydrogens (tertiary/aromatic N) is 1. The Hall–Kier alpha value is -2.90. The van der Waals surface area contributed by atoms with Crippen LogP contribution in [0.4, 0.5) is 5.69 Å². The van der Waals surface area contributed by atoms with Gasteiger partial charge in [-0.3, -0.25) is 4.79 Å². The smallest absolute Gasteiger partial charge is 0.255 e. The number of hydrogen-bond acceptors (Lipinski definition) is 3. The van der Waals surface area contributed by atoms with Crippen molar-refractivity contribution < 1.29 is 4.79 Å². The highest BCUT2D eigenvalue weighted by Crippen LogP contribution is 2.11. The molecule has 0 saturated heterocycles. The summed E-state index contributed by atoms with van der Waals surface area (Å²) in [5.41, 5.74) is 2.89. The van der Waals surface area contributed by atoms with Gasteiger partial charge in [0.1, 0.15) is 5.69 Å². The number of carbonyl (C=O) groups excluding carboxylic acids is 1. The van der Waals surface area contributed by atoms with Gasteiger partial charge in [0.15, 0.2) is 0 Å². The molecule has 0 atom stereocenters. The SMILES string of the molecule is Cc1nc(C#Cc2cccc(C(=O)Nc3ccccc3)c2)cs1. The van der Waals surface area contributed by atoms with Crippen LogP contribution in [0.25, 0.3) is 0 Å². The number of aromatic nitrogens is 1. The number of benzene rings is 2. The summed E-state index contributed by atoms with van der Waals surface area (Å²) in [6, 6.07) is 16.6. The minimum Gasteiger partial charge on any atom is -0.322 e. The van der Waals surface area contributed by atoms with E-state index in [-0.39, 0.29) is 5.91 Å². The molecule has 3 nitrogen and oxygen atoms in total. The Morgan fingerprint density at radius 1 is 1.09 bits per heavy atom. The Morgan fingerprint density at radius 3 is 2.65 bits per heavy atom. The van der Waals surface area contributed by atoms with Crippen molar-refractivity contribution in [3.8, 4) is 11.8 Å². The summed E-state index contributed by atoms with van der Waals surface area (Å²) in [5.74, 6) is 5.91. The lowest BCUT2D eigenvalue weighted by Gasteiger charge is -2.05. The summed E-state index contributed by atoms with van der Waals surface area (Å²) in [4.78, 5) is 16.6. The first-order valence-electron chi connectivity index (χ1n) is 7.11. The van der Waals surface area contributed by atoms with Crippen LogP contribution in [0.5, 0.6) is 0 Å². The second-order valence-electron chi connectivity index (χ2n) is 4.90. The molecule has 1 N–H and O–H groups in total. The van der Waals surface area contributed by atoms with E-state index >= 15 is 0 Å². The quantitative estimate of drug-likeness (QED) is 0.723. The molecule has 0 bridgehead atoms. The lowest BCUT2D eigenvalue weighted by atomic mass is 10.1. The van der Waals surface area contributed by atoms with Crippen LogP contribution >= 0.6 is 11.3 Å². The highest BCUT2D eigenvalue weighted by Gasteiger charge is 2.06. The first-order valence-corrected chi connectivity index (χ1v) is 7.99. The van der Waals surface area contributed by atoms with Crippen molar-refractivity contribution in [3.05, 3.63) is 81.8 Å². The Balaban J connectivity index is 1.77. The van der Waals surface area contributed by atoms with E-state index in [0.717, 1.165) is 22.0 Å². The van der Waals surface area contributed by atoms with E-state index in [2.05, 4.69) is 22.1 Å². The Labute approximate surface area is 139 Å². The molecule has 0 spiro atoms. The van der Waals surface area contributed by atoms with Crippen molar-refractivity contribution >= 4 is 22.9 Å². The highest BCUT2D eigenvalue weighted by molar-refractivity contribution is 7.09. The second kappa shape index (κ2) is 6.91. The number of nitrogens with one attached hydrogen (secondary N) is 1.